The van der Waals surface area contributed by atoms with Crippen LogP contribution in [0, 0.1) is 0 Å². The van der Waals surface area contributed by atoms with E-state index in [-0.39, 0.29) is 29.4 Å². The molecular formula is C28H28F6N6O2. The van der Waals surface area contributed by atoms with Crippen LogP contribution in [0.5, 0.6) is 0 Å². The molecule has 3 heterocycles. The number of likely N-dealkylation sites (tertiary alicyclic amines) is 1. The number of alkyl halides is 6. The molecule has 2 amide bonds. The molecule has 1 aliphatic rings. The molecule has 42 heavy (non-hydrogen) atoms. The Hall–Kier alpha value is -4.07. The van der Waals surface area contributed by atoms with Gasteiger partial charge < -0.3 is 10.2 Å². The zero-order chi connectivity index (χ0) is 30.7. The molecular weight excluding hydrogens is 566 g/mol. The zero-order valence-electron chi connectivity index (χ0n) is 22.8. The van der Waals surface area contributed by atoms with Crippen molar-refractivity contribution in [1.29, 1.82) is 0 Å². The minimum atomic E-state index is -4.64. The Morgan fingerprint density at radius 2 is 1.55 bits per heavy atom. The lowest BCUT2D eigenvalue weighted by atomic mass is 10.0. The van der Waals surface area contributed by atoms with Gasteiger partial charge in [0.2, 0.25) is 11.7 Å². The summed E-state index contributed by atoms with van der Waals surface area (Å²) in [5.74, 6) is -2.33. The molecule has 2 aromatic heterocycles. The summed E-state index contributed by atoms with van der Waals surface area (Å²) in [6, 6.07) is 5.94. The number of pyridine rings is 1. The number of nitrogens with zero attached hydrogens (tertiary/aromatic N) is 5. The fraction of sp³-hybridized carbons (Fsp3) is 0.393. The van der Waals surface area contributed by atoms with Crippen LogP contribution in [0.1, 0.15) is 65.2 Å². The lowest BCUT2D eigenvalue weighted by molar-refractivity contribution is -0.141. The Labute approximate surface area is 237 Å². The molecule has 0 spiro atoms. The van der Waals surface area contributed by atoms with Crippen molar-refractivity contribution < 1.29 is 35.9 Å². The summed E-state index contributed by atoms with van der Waals surface area (Å²) >= 11 is 0. The maximum absolute atomic E-state index is 13.4. The second kappa shape index (κ2) is 12.4. The number of likely N-dealkylation sites (N-methyl/N-ethyl adjacent to an activating group) is 1. The minimum absolute atomic E-state index is 0.108. The molecule has 1 N–H and O–H groups in total. The SMILES string of the molecule is CC(C(=O)N(C)c1ccc(C(F)(F)F)nc1CN1CCCCC1)c1cnc(C(=O)Nc2ccc(C(F)(F)F)cc2)nc1. The number of carbonyl (C=O) groups is 2. The molecule has 4 rings (SSSR count). The molecule has 0 saturated carbocycles. The van der Waals surface area contributed by atoms with E-state index in [0.29, 0.717) is 5.56 Å². The van der Waals surface area contributed by atoms with Crippen LogP contribution in [0.15, 0.2) is 48.8 Å². The van der Waals surface area contributed by atoms with Gasteiger partial charge in [0.1, 0.15) is 5.69 Å². The highest BCUT2D eigenvalue weighted by molar-refractivity contribution is 6.01. The summed E-state index contributed by atoms with van der Waals surface area (Å²) < 4.78 is 78.5. The average molecular weight is 595 g/mol. The molecule has 0 aliphatic carbocycles. The van der Waals surface area contributed by atoms with Gasteiger partial charge in [-0.25, -0.2) is 15.0 Å². The van der Waals surface area contributed by atoms with Crippen molar-refractivity contribution in [3.05, 3.63) is 77.1 Å². The Morgan fingerprint density at radius 3 is 2.12 bits per heavy atom. The first-order valence-electron chi connectivity index (χ1n) is 13.1. The van der Waals surface area contributed by atoms with Gasteiger partial charge in [-0.2, -0.15) is 26.3 Å². The highest BCUT2D eigenvalue weighted by atomic mass is 19.4. The largest absolute Gasteiger partial charge is 0.433 e. The maximum Gasteiger partial charge on any atom is 0.433 e. The van der Waals surface area contributed by atoms with Crippen molar-refractivity contribution in [2.75, 3.05) is 30.4 Å². The predicted octanol–water partition coefficient (Wildman–Crippen LogP) is 5.91. The van der Waals surface area contributed by atoms with Crippen LogP contribution in [0.25, 0.3) is 0 Å². The number of amides is 2. The molecule has 1 unspecified atom stereocenters. The number of piperidine rings is 1. The van der Waals surface area contributed by atoms with E-state index in [4.69, 9.17) is 0 Å². The van der Waals surface area contributed by atoms with E-state index in [1.165, 1.54) is 30.4 Å². The minimum Gasteiger partial charge on any atom is -0.319 e. The monoisotopic (exact) mass is 594 g/mol. The van der Waals surface area contributed by atoms with E-state index in [9.17, 15) is 35.9 Å². The number of aromatic nitrogens is 3. The molecule has 1 aromatic carbocycles. The molecule has 3 aromatic rings. The number of hydrogen-bond donors (Lipinski definition) is 1. The van der Waals surface area contributed by atoms with Crippen molar-refractivity contribution in [3.8, 4) is 0 Å². The third kappa shape index (κ3) is 7.41. The first-order chi connectivity index (χ1) is 19.7. The number of rotatable bonds is 7. The van der Waals surface area contributed by atoms with Crippen LogP contribution in [-0.2, 0) is 23.7 Å². The highest BCUT2D eigenvalue weighted by Gasteiger charge is 2.34. The van der Waals surface area contributed by atoms with Gasteiger partial charge in [-0.15, -0.1) is 0 Å². The molecule has 8 nitrogen and oxygen atoms in total. The van der Waals surface area contributed by atoms with Gasteiger partial charge in [0.05, 0.1) is 22.9 Å². The first-order valence-corrected chi connectivity index (χ1v) is 13.1. The van der Waals surface area contributed by atoms with Crippen molar-refractivity contribution in [2.45, 2.75) is 51.0 Å². The highest BCUT2D eigenvalue weighted by Crippen LogP contribution is 2.32. The smallest absolute Gasteiger partial charge is 0.319 e. The third-order valence-electron chi connectivity index (χ3n) is 6.97. The molecule has 0 bridgehead atoms. The lowest BCUT2D eigenvalue weighted by Crippen LogP contribution is -2.34. The van der Waals surface area contributed by atoms with Crippen molar-refractivity contribution in [1.82, 2.24) is 19.9 Å². The van der Waals surface area contributed by atoms with Gasteiger partial charge in [0.15, 0.2) is 0 Å². The molecule has 1 aliphatic heterocycles. The van der Waals surface area contributed by atoms with Crippen LogP contribution < -0.4 is 10.2 Å². The summed E-state index contributed by atoms with van der Waals surface area (Å²) in [5, 5.41) is 2.41. The number of benzene rings is 1. The quantitative estimate of drug-likeness (QED) is 0.342. The van der Waals surface area contributed by atoms with Crippen LogP contribution in [0.3, 0.4) is 0 Å². The van der Waals surface area contributed by atoms with Crippen LogP contribution >= 0.6 is 0 Å². The summed E-state index contributed by atoms with van der Waals surface area (Å²) in [6.45, 7) is 3.18. The van der Waals surface area contributed by atoms with Gasteiger partial charge in [0.25, 0.3) is 5.91 Å². The lowest BCUT2D eigenvalue weighted by Gasteiger charge is -2.29. The Morgan fingerprint density at radius 1 is 0.929 bits per heavy atom. The summed E-state index contributed by atoms with van der Waals surface area (Å²) in [4.78, 5) is 41.0. The third-order valence-corrected chi connectivity index (χ3v) is 6.97. The second-order valence-corrected chi connectivity index (χ2v) is 9.99. The molecule has 1 atom stereocenters. The molecule has 14 heteroatoms. The fourth-order valence-electron chi connectivity index (χ4n) is 4.56. The zero-order valence-corrected chi connectivity index (χ0v) is 22.8. The van der Waals surface area contributed by atoms with E-state index >= 15 is 0 Å². The molecule has 1 saturated heterocycles. The van der Waals surface area contributed by atoms with Crippen molar-refractivity contribution in [3.63, 3.8) is 0 Å². The summed E-state index contributed by atoms with van der Waals surface area (Å²) in [7, 11) is 1.45. The van der Waals surface area contributed by atoms with Crippen molar-refractivity contribution in [2.24, 2.45) is 0 Å². The van der Waals surface area contributed by atoms with E-state index in [1.54, 1.807) is 6.92 Å². The summed E-state index contributed by atoms with van der Waals surface area (Å²) in [5.41, 5.74) is -1.06. The predicted molar refractivity (Wildman–Crippen MR) is 142 cm³/mol. The fourth-order valence-corrected chi connectivity index (χ4v) is 4.56. The number of nitrogens with one attached hydrogen (secondary N) is 1. The van der Waals surface area contributed by atoms with Gasteiger partial charge >= 0.3 is 12.4 Å². The Balaban J connectivity index is 1.47. The van der Waals surface area contributed by atoms with Gasteiger partial charge in [-0.05, 0) is 69.3 Å². The molecule has 1 fully saturated rings. The standard InChI is InChI=1S/C28H28F6N6O2/c1-17(18-14-35-24(36-15-18)25(41)37-20-8-6-19(7-9-20)27(29,30)31)26(42)39(2)22-10-11-23(28(32,33)34)38-21(22)16-40-12-4-3-5-13-40/h6-11,14-15,17H,3-5,12-13,16H2,1-2H3,(H,37,41). The van der Waals surface area contributed by atoms with E-state index in [1.807, 2.05) is 4.90 Å². The normalized spacial score (nSPS) is 15.2. The summed E-state index contributed by atoms with van der Waals surface area (Å²) in [6.07, 6.45) is -3.70. The Bertz CT molecular complexity index is 1400. The molecule has 224 valence electrons. The number of carbonyl (C=O) groups excluding carboxylic acids is 2. The average Bonchev–Trinajstić information content (AvgIpc) is 2.96. The van der Waals surface area contributed by atoms with Crippen LogP contribution in [0.2, 0.25) is 0 Å². The second-order valence-electron chi connectivity index (χ2n) is 9.99. The van der Waals surface area contributed by atoms with E-state index in [0.717, 1.165) is 62.7 Å². The van der Waals surface area contributed by atoms with Crippen LogP contribution in [0.4, 0.5) is 37.7 Å². The maximum atomic E-state index is 13.4. The van der Waals surface area contributed by atoms with Crippen molar-refractivity contribution >= 4 is 23.2 Å². The Kier molecular flexibility index (Phi) is 9.14. The number of hydrogen-bond acceptors (Lipinski definition) is 6. The van der Waals surface area contributed by atoms with E-state index < -0.39 is 41.3 Å². The number of anilines is 2. The topological polar surface area (TPSA) is 91.3 Å². The molecule has 0 radical (unpaired) electrons. The van der Waals surface area contributed by atoms with Gasteiger partial charge in [-0.1, -0.05) is 6.42 Å². The van der Waals surface area contributed by atoms with Gasteiger partial charge in [0, 0.05) is 37.2 Å². The van der Waals surface area contributed by atoms with Crippen LogP contribution in [-0.4, -0.2) is 51.8 Å². The first kappa shape index (κ1) is 30.9. The van der Waals surface area contributed by atoms with E-state index in [2.05, 4.69) is 20.3 Å². The number of halogens is 6. The van der Waals surface area contributed by atoms with Gasteiger partial charge in [-0.3, -0.25) is 14.5 Å².